The Hall–Kier alpha value is -1.85. The van der Waals surface area contributed by atoms with E-state index in [-0.39, 0.29) is 17.8 Å². The van der Waals surface area contributed by atoms with Gasteiger partial charge < -0.3 is 14.8 Å². The highest BCUT2D eigenvalue weighted by Crippen LogP contribution is 2.49. The number of aliphatic hydroxyl groups is 1. The summed E-state index contributed by atoms with van der Waals surface area (Å²) in [5.74, 6) is 0.0541. The lowest BCUT2D eigenvalue weighted by Gasteiger charge is -2.50. The van der Waals surface area contributed by atoms with Crippen molar-refractivity contribution in [1.82, 2.24) is 9.88 Å². The third-order valence-corrected chi connectivity index (χ3v) is 7.02. The van der Waals surface area contributed by atoms with E-state index in [1.165, 1.54) is 29.3 Å². The lowest BCUT2D eigenvalue weighted by molar-refractivity contribution is -0.160. The van der Waals surface area contributed by atoms with Gasteiger partial charge in [-0.3, -0.25) is 9.69 Å². The summed E-state index contributed by atoms with van der Waals surface area (Å²) in [4.78, 5) is 18.6. The minimum atomic E-state index is -0.568. The largest absolute Gasteiger partial charge is 0.469 e. The molecule has 5 atom stereocenters. The van der Waals surface area contributed by atoms with Crippen LogP contribution in [-0.2, 0) is 16.0 Å². The molecule has 0 spiro atoms. The number of aromatic amines is 1. The second kappa shape index (κ2) is 6.10. The Morgan fingerprint density at radius 2 is 2.15 bits per heavy atom. The topological polar surface area (TPSA) is 65.6 Å². The predicted octanol–water partition coefficient (Wildman–Crippen LogP) is 2.65. The summed E-state index contributed by atoms with van der Waals surface area (Å²) in [6, 6.07) is 8.83. The Morgan fingerprint density at radius 1 is 1.31 bits per heavy atom. The minimum absolute atomic E-state index is 0.199. The first-order valence-corrected chi connectivity index (χ1v) is 9.76. The van der Waals surface area contributed by atoms with Gasteiger partial charge in [0.1, 0.15) is 0 Å². The first-order valence-electron chi connectivity index (χ1n) is 9.76. The van der Waals surface area contributed by atoms with E-state index in [0.29, 0.717) is 18.4 Å². The van der Waals surface area contributed by atoms with Crippen LogP contribution < -0.4 is 0 Å². The zero-order chi connectivity index (χ0) is 17.8. The number of piperidine rings is 1. The van der Waals surface area contributed by atoms with Crippen molar-refractivity contribution in [1.29, 1.82) is 0 Å². The molecule has 5 heteroatoms. The summed E-state index contributed by atoms with van der Waals surface area (Å²) in [7, 11) is 1.43. The van der Waals surface area contributed by atoms with Crippen LogP contribution in [0.3, 0.4) is 0 Å². The zero-order valence-corrected chi connectivity index (χ0v) is 15.1. The Balaban J connectivity index is 1.52. The fourth-order valence-corrected chi connectivity index (χ4v) is 5.80. The van der Waals surface area contributed by atoms with E-state index in [1.54, 1.807) is 0 Å². The average molecular weight is 354 g/mol. The number of ether oxygens (including phenoxy) is 1. The quantitative estimate of drug-likeness (QED) is 0.773. The molecule has 1 aliphatic carbocycles. The summed E-state index contributed by atoms with van der Waals surface area (Å²) in [5, 5.41) is 11.8. The number of aromatic nitrogens is 1. The third kappa shape index (κ3) is 2.33. The Morgan fingerprint density at radius 3 is 3.00 bits per heavy atom. The van der Waals surface area contributed by atoms with Crippen molar-refractivity contribution in [3.63, 3.8) is 0 Å². The number of nitrogens with zero attached hydrogens (tertiary/aromatic N) is 1. The number of carbonyl (C=O) groups is 1. The number of aliphatic hydroxyl groups excluding tert-OH is 1. The number of carbonyl (C=O) groups excluding carboxylic acids is 1. The second-order valence-electron chi connectivity index (χ2n) is 8.18. The molecule has 1 aromatic carbocycles. The van der Waals surface area contributed by atoms with Crippen molar-refractivity contribution in [2.24, 2.45) is 17.8 Å². The Bertz CT molecular complexity index is 845. The number of methoxy groups -OCH3 is 1. The molecule has 5 rings (SSSR count). The zero-order valence-electron chi connectivity index (χ0n) is 15.1. The molecule has 0 unspecified atom stereocenters. The molecule has 26 heavy (non-hydrogen) atoms. The van der Waals surface area contributed by atoms with Gasteiger partial charge in [-0.05, 0) is 49.1 Å². The molecule has 3 heterocycles. The highest BCUT2D eigenvalue weighted by Gasteiger charge is 2.49. The van der Waals surface area contributed by atoms with Gasteiger partial charge in [0.05, 0.1) is 25.2 Å². The van der Waals surface area contributed by atoms with Crippen molar-refractivity contribution in [2.75, 3.05) is 20.2 Å². The molecular weight excluding hydrogens is 328 g/mol. The highest BCUT2D eigenvalue weighted by atomic mass is 16.5. The average Bonchev–Trinajstić information content (AvgIpc) is 3.05. The number of rotatable bonds is 1. The van der Waals surface area contributed by atoms with Gasteiger partial charge >= 0.3 is 5.97 Å². The summed E-state index contributed by atoms with van der Waals surface area (Å²) in [5.41, 5.74) is 3.96. The van der Waals surface area contributed by atoms with Gasteiger partial charge in [0, 0.05) is 29.7 Å². The van der Waals surface area contributed by atoms with Crippen LogP contribution in [0.15, 0.2) is 24.3 Å². The number of para-hydroxylation sites is 1. The van der Waals surface area contributed by atoms with E-state index in [9.17, 15) is 9.90 Å². The Labute approximate surface area is 153 Å². The van der Waals surface area contributed by atoms with Gasteiger partial charge in [0.2, 0.25) is 0 Å². The van der Waals surface area contributed by atoms with Crippen molar-refractivity contribution >= 4 is 16.9 Å². The van der Waals surface area contributed by atoms with Gasteiger partial charge in [-0.25, -0.2) is 0 Å². The molecule has 2 aliphatic heterocycles. The van der Waals surface area contributed by atoms with Crippen molar-refractivity contribution in [3.8, 4) is 0 Å². The fraction of sp³-hybridized carbons (Fsp3) is 0.571. The van der Waals surface area contributed by atoms with E-state index in [4.69, 9.17) is 4.74 Å². The number of H-pyrrole nitrogens is 1. The highest BCUT2D eigenvalue weighted by molar-refractivity contribution is 5.85. The molecule has 0 bridgehead atoms. The standard InChI is InChI=1S/C21H26N2O3/c1-26-21(25)19-15-10-17-20-14(13-4-2-3-5-16(13)22-20)8-9-23(17)11-12(15)6-7-18(19)24/h2-5,12,15,17-19,22,24H,6-11H2,1H3/t12-,15-,17-,18+,19+/m0/s1. The maximum absolute atomic E-state index is 12.4. The third-order valence-electron chi connectivity index (χ3n) is 7.02. The van der Waals surface area contributed by atoms with Crippen molar-refractivity contribution in [2.45, 2.75) is 37.8 Å². The molecule has 2 fully saturated rings. The van der Waals surface area contributed by atoms with E-state index < -0.39 is 6.10 Å². The summed E-state index contributed by atoms with van der Waals surface area (Å²) >= 11 is 0. The lowest BCUT2D eigenvalue weighted by atomic mass is 9.65. The van der Waals surface area contributed by atoms with Gasteiger partial charge in [0.25, 0.3) is 0 Å². The maximum atomic E-state index is 12.4. The van der Waals surface area contributed by atoms with Gasteiger partial charge in [-0.1, -0.05) is 18.2 Å². The number of benzene rings is 1. The molecule has 1 saturated carbocycles. The smallest absolute Gasteiger partial charge is 0.311 e. The number of hydrogen-bond acceptors (Lipinski definition) is 4. The predicted molar refractivity (Wildman–Crippen MR) is 98.7 cm³/mol. The van der Waals surface area contributed by atoms with E-state index in [2.05, 4.69) is 34.1 Å². The summed E-state index contributed by atoms with van der Waals surface area (Å²) in [6.45, 7) is 2.10. The number of fused-ring (bicyclic) bond motifs is 6. The van der Waals surface area contributed by atoms with Crippen LogP contribution in [0.2, 0.25) is 0 Å². The van der Waals surface area contributed by atoms with E-state index in [0.717, 1.165) is 32.4 Å². The van der Waals surface area contributed by atoms with E-state index in [1.807, 2.05) is 0 Å². The molecule has 0 amide bonds. The molecule has 1 saturated heterocycles. The molecule has 5 nitrogen and oxygen atoms in total. The molecule has 1 aromatic heterocycles. The number of nitrogens with one attached hydrogen (secondary N) is 1. The van der Waals surface area contributed by atoms with Crippen LogP contribution in [0, 0.1) is 17.8 Å². The van der Waals surface area contributed by atoms with Crippen LogP contribution in [0.25, 0.3) is 10.9 Å². The monoisotopic (exact) mass is 354 g/mol. The molecule has 2 aromatic rings. The van der Waals surface area contributed by atoms with Crippen LogP contribution >= 0.6 is 0 Å². The van der Waals surface area contributed by atoms with E-state index >= 15 is 0 Å². The molecule has 3 aliphatic rings. The summed E-state index contributed by atoms with van der Waals surface area (Å²) in [6.07, 6.45) is 3.14. The lowest BCUT2D eigenvalue weighted by Crippen LogP contribution is -2.53. The fourth-order valence-electron chi connectivity index (χ4n) is 5.80. The molecule has 0 radical (unpaired) electrons. The Kier molecular flexibility index (Phi) is 3.83. The SMILES string of the molecule is COC(=O)[C@@H]1[C@H]2C[C@H]3c4[nH]c5ccccc5c4CCN3C[C@@H]2CC[C@H]1O. The first kappa shape index (κ1) is 16.3. The van der Waals surface area contributed by atoms with Gasteiger partial charge in [-0.15, -0.1) is 0 Å². The van der Waals surface area contributed by atoms with Crippen molar-refractivity contribution < 1.29 is 14.6 Å². The normalized spacial score (nSPS) is 34.0. The number of hydrogen-bond donors (Lipinski definition) is 2. The van der Waals surface area contributed by atoms with Crippen molar-refractivity contribution in [3.05, 3.63) is 35.5 Å². The van der Waals surface area contributed by atoms with Crippen LogP contribution in [0.1, 0.15) is 36.6 Å². The van der Waals surface area contributed by atoms with Crippen LogP contribution in [0.5, 0.6) is 0 Å². The number of esters is 1. The second-order valence-corrected chi connectivity index (χ2v) is 8.18. The van der Waals surface area contributed by atoms with Crippen LogP contribution in [0.4, 0.5) is 0 Å². The molecule has 2 N–H and O–H groups in total. The van der Waals surface area contributed by atoms with Crippen LogP contribution in [-0.4, -0.2) is 47.3 Å². The van der Waals surface area contributed by atoms with Gasteiger partial charge in [0.15, 0.2) is 0 Å². The molecule has 138 valence electrons. The minimum Gasteiger partial charge on any atom is -0.469 e. The van der Waals surface area contributed by atoms with Gasteiger partial charge in [-0.2, -0.15) is 0 Å². The first-order chi connectivity index (χ1) is 12.7. The summed E-state index contributed by atoms with van der Waals surface area (Å²) < 4.78 is 5.04. The maximum Gasteiger partial charge on any atom is 0.311 e. The molecular formula is C21H26N2O3.